The normalized spacial score (nSPS) is 15.0. The van der Waals surface area contributed by atoms with Gasteiger partial charge in [0, 0.05) is 35.3 Å². The molecule has 0 aliphatic carbocycles. The van der Waals surface area contributed by atoms with E-state index in [1.54, 1.807) is 30.5 Å². The van der Waals surface area contributed by atoms with Gasteiger partial charge < -0.3 is 9.30 Å². The van der Waals surface area contributed by atoms with Crippen molar-refractivity contribution in [3.63, 3.8) is 0 Å². The first-order chi connectivity index (χ1) is 20.4. The Bertz CT molecular complexity index is 2050. The Morgan fingerprint density at radius 3 is 2.50 bits per heavy atom. The Balaban J connectivity index is 1.51. The molecule has 1 aliphatic rings. The third kappa shape index (κ3) is 4.86. The SMILES string of the molecule is CCOC(=O)C1=C(C)N=c2sc(=Cc3cc4ccccc4n3Cc3ccc([N+](=O)[O-])cc3)c(=O)n2[C@@H]1c1ccccc1. The number of thiazole rings is 1. The maximum absolute atomic E-state index is 14.1. The van der Waals surface area contributed by atoms with E-state index in [-0.39, 0.29) is 17.9 Å². The van der Waals surface area contributed by atoms with E-state index < -0.39 is 16.9 Å². The largest absolute Gasteiger partial charge is 0.463 e. The minimum Gasteiger partial charge on any atom is -0.463 e. The average molecular weight is 579 g/mol. The van der Waals surface area contributed by atoms with Crippen LogP contribution in [0.25, 0.3) is 17.0 Å². The van der Waals surface area contributed by atoms with Gasteiger partial charge in [0.1, 0.15) is 0 Å². The number of aromatic nitrogens is 2. The van der Waals surface area contributed by atoms with Gasteiger partial charge in [-0.3, -0.25) is 19.5 Å². The van der Waals surface area contributed by atoms with Crippen LogP contribution in [0.2, 0.25) is 0 Å². The molecule has 0 spiro atoms. The second-order valence-corrected chi connectivity index (χ2v) is 10.9. The number of nitrogens with zero attached hydrogens (tertiary/aromatic N) is 4. The van der Waals surface area contributed by atoms with Gasteiger partial charge in [0.15, 0.2) is 4.80 Å². The second-order valence-electron chi connectivity index (χ2n) is 9.85. The number of nitro groups is 1. The monoisotopic (exact) mass is 578 g/mol. The van der Waals surface area contributed by atoms with E-state index in [1.807, 2.05) is 66.7 Å². The van der Waals surface area contributed by atoms with Crippen molar-refractivity contribution in [3.05, 3.63) is 143 Å². The Hall–Kier alpha value is -5.09. The molecule has 3 aromatic carbocycles. The van der Waals surface area contributed by atoms with Crippen LogP contribution in [0, 0.1) is 10.1 Å². The maximum Gasteiger partial charge on any atom is 0.338 e. The van der Waals surface area contributed by atoms with Crippen molar-refractivity contribution in [3.8, 4) is 0 Å². The van der Waals surface area contributed by atoms with Crippen LogP contribution in [0.3, 0.4) is 0 Å². The number of carbonyl (C=O) groups excluding carboxylic acids is 1. The van der Waals surface area contributed by atoms with Gasteiger partial charge in [0.05, 0.1) is 33.4 Å². The Labute approximate surface area is 244 Å². The first kappa shape index (κ1) is 27.1. The fraction of sp³-hybridized carbons (Fsp3) is 0.156. The number of hydrogen-bond donors (Lipinski definition) is 0. The highest BCUT2D eigenvalue weighted by Crippen LogP contribution is 2.30. The molecular weight excluding hydrogens is 552 g/mol. The highest BCUT2D eigenvalue weighted by molar-refractivity contribution is 7.07. The van der Waals surface area contributed by atoms with E-state index in [4.69, 9.17) is 4.74 Å². The van der Waals surface area contributed by atoms with Gasteiger partial charge in [0.25, 0.3) is 11.2 Å². The number of allylic oxidation sites excluding steroid dienone is 1. The quantitative estimate of drug-likeness (QED) is 0.158. The highest BCUT2D eigenvalue weighted by Gasteiger charge is 2.33. The van der Waals surface area contributed by atoms with Crippen molar-refractivity contribution in [2.45, 2.75) is 26.4 Å². The fourth-order valence-corrected chi connectivity index (χ4v) is 6.34. The number of para-hydroxylation sites is 1. The van der Waals surface area contributed by atoms with Gasteiger partial charge in [0.2, 0.25) is 0 Å². The molecule has 0 amide bonds. The summed E-state index contributed by atoms with van der Waals surface area (Å²) >= 11 is 1.27. The minimum atomic E-state index is -0.672. The molecule has 0 bridgehead atoms. The van der Waals surface area contributed by atoms with Crippen molar-refractivity contribution in [2.75, 3.05) is 6.61 Å². The number of esters is 1. The summed E-state index contributed by atoms with van der Waals surface area (Å²) in [5.41, 5.74) is 4.08. The van der Waals surface area contributed by atoms with E-state index >= 15 is 0 Å². The van der Waals surface area contributed by atoms with Gasteiger partial charge in [-0.15, -0.1) is 0 Å². The first-order valence-corrected chi connectivity index (χ1v) is 14.2. The Morgan fingerprint density at radius 2 is 1.79 bits per heavy atom. The van der Waals surface area contributed by atoms with Crippen LogP contribution in [0.15, 0.2) is 106 Å². The summed E-state index contributed by atoms with van der Waals surface area (Å²) in [6, 6.07) is 25.1. The van der Waals surface area contributed by atoms with Crippen molar-refractivity contribution in [1.29, 1.82) is 0 Å². The van der Waals surface area contributed by atoms with Crippen LogP contribution in [0.4, 0.5) is 5.69 Å². The molecule has 10 heteroatoms. The van der Waals surface area contributed by atoms with Crippen LogP contribution in [-0.4, -0.2) is 26.6 Å². The summed E-state index contributed by atoms with van der Waals surface area (Å²) in [4.78, 5) is 43.0. The number of fused-ring (bicyclic) bond motifs is 2. The zero-order valence-corrected chi connectivity index (χ0v) is 23.7. The van der Waals surface area contributed by atoms with Crippen LogP contribution >= 0.6 is 11.3 Å². The number of ether oxygens (including phenoxy) is 1. The average Bonchev–Trinajstić information content (AvgIpc) is 3.49. The number of hydrogen-bond acceptors (Lipinski definition) is 7. The molecular formula is C32H26N4O5S. The molecule has 210 valence electrons. The predicted octanol–water partition coefficient (Wildman–Crippen LogP) is 4.71. The van der Waals surface area contributed by atoms with Crippen LogP contribution in [0.1, 0.15) is 36.7 Å². The predicted molar refractivity (Wildman–Crippen MR) is 161 cm³/mol. The van der Waals surface area contributed by atoms with Crippen molar-refractivity contribution < 1.29 is 14.5 Å². The molecule has 0 N–H and O–H groups in total. The maximum atomic E-state index is 14.1. The molecule has 1 aliphatic heterocycles. The molecule has 0 fully saturated rings. The number of benzene rings is 3. The minimum absolute atomic E-state index is 0.0305. The molecule has 0 unspecified atom stereocenters. The Kier molecular flexibility index (Phi) is 7.13. The number of carbonyl (C=O) groups is 1. The lowest BCUT2D eigenvalue weighted by molar-refractivity contribution is -0.384. The molecule has 0 radical (unpaired) electrons. The zero-order valence-electron chi connectivity index (χ0n) is 22.9. The topological polar surface area (TPSA) is 109 Å². The third-order valence-corrected chi connectivity index (χ3v) is 8.22. The van der Waals surface area contributed by atoms with Gasteiger partial charge in [-0.2, -0.15) is 0 Å². The van der Waals surface area contributed by atoms with E-state index in [1.165, 1.54) is 23.5 Å². The summed E-state index contributed by atoms with van der Waals surface area (Å²) in [7, 11) is 0. The van der Waals surface area contributed by atoms with Crippen molar-refractivity contribution >= 4 is 40.0 Å². The number of nitro benzene ring substituents is 1. The van der Waals surface area contributed by atoms with Crippen LogP contribution in [0.5, 0.6) is 0 Å². The third-order valence-electron chi connectivity index (χ3n) is 7.24. The van der Waals surface area contributed by atoms with E-state index in [2.05, 4.69) is 9.56 Å². The van der Waals surface area contributed by atoms with Gasteiger partial charge in [-0.25, -0.2) is 9.79 Å². The Morgan fingerprint density at radius 1 is 1.07 bits per heavy atom. The lowest BCUT2D eigenvalue weighted by Crippen LogP contribution is -2.40. The van der Waals surface area contributed by atoms with Crippen LogP contribution in [-0.2, 0) is 16.1 Å². The molecule has 0 saturated carbocycles. The molecule has 2 aromatic heterocycles. The molecule has 5 aromatic rings. The molecule has 1 atom stereocenters. The second kappa shape index (κ2) is 11.1. The van der Waals surface area contributed by atoms with E-state index in [0.29, 0.717) is 27.1 Å². The molecule has 42 heavy (non-hydrogen) atoms. The lowest BCUT2D eigenvalue weighted by atomic mass is 9.96. The first-order valence-electron chi connectivity index (χ1n) is 13.4. The highest BCUT2D eigenvalue weighted by atomic mass is 32.1. The summed E-state index contributed by atoms with van der Waals surface area (Å²) < 4.78 is 9.50. The van der Waals surface area contributed by atoms with E-state index in [9.17, 15) is 19.7 Å². The smallest absolute Gasteiger partial charge is 0.338 e. The zero-order chi connectivity index (χ0) is 29.4. The lowest BCUT2D eigenvalue weighted by Gasteiger charge is -2.24. The molecule has 6 rings (SSSR count). The fourth-order valence-electron chi connectivity index (χ4n) is 5.31. The number of non-ortho nitro benzene ring substituents is 1. The van der Waals surface area contributed by atoms with Gasteiger partial charge in [-0.05, 0) is 43.2 Å². The van der Waals surface area contributed by atoms with E-state index in [0.717, 1.165) is 27.7 Å². The summed E-state index contributed by atoms with van der Waals surface area (Å²) in [5, 5.41) is 12.1. The van der Waals surface area contributed by atoms with Crippen LogP contribution < -0.4 is 14.9 Å². The molecule has 9 nitrogen and oxygen atoms in total. The summed E-state index contributed by atoms with van der Waals surface area (Å²) in [5.74, 6) is -0.495. The van der Waals surface area contributed by atoms with Gasteiger partial charge in [-0.1, -0.05) is 72.0 Å². The standard InChI is InChI=1S/C32H26N4O5S/c1-3-41-31(38)28-20(2)33-32-35(29(28)22-9-5-4-6-10-22)30(37)27(42-32)18-25-17-23-11-7-8-12-26(23)34(25)19-21-13-15-24(16-14-21)36(39)40/h4-18,29H,3,19H2,1-2H3/t29-/m1/s1. The summed E-state index contributed by atoms with van der Waals surface area (Å²) in [6.07, 6.45) is 1.85. The van der Waals surface area contributed by atoms with Crippen molar-refractivity contribution in [1.82, 2.24) is 9.13 Å². The number of rotatable bonds is 7. The van der Waals surface area contributed by atoms with Gasteiger partial charge >= 0.3 is 5.97 Å². The molecule has 3 heterocycles. The molecule has 0 saturated heterocycles. The van der Waals surface area contributed by atoms with Crippen molar-refractivity contribution in [2.24, 2.45) is 4.99 Å². The summed E-state index contributed by atoms with van der Waals surface area (Å²) in [6.45, 7) is 4.17.